The molecule has 2 bridgehead atoms. The Labute approximate surface area is 182 Å². The minimum absolute atomic E-state index is 0.709. The highest BCUT2D eigenvalue weighted by molar-refractivity contribution is 5.50. The van der Waals surface area contributed by atoms with Crippen LogP contribution in [0.4, 0.5) is 0 Å². The van der Waals surface area contributed by atoms with Crippen LogP contribution in [-0.2, 0) is 0 Å². The largest absolute Gasteiger partial charge is 0.0847 e. The average Bonchev–Trinajstić information content (AvgIpc) is 2.92. The Bertz CT molecular complexity index is 896. The van der Waals surface area contributed by atoms with E-state index in [-0.39, 0.29) is 0 Å². The molecule has 0 heteroatoms. The lowest BCUT2D eigenvalue weighted by Gasteiger charge is -2.24. The van der Waals surface area contributed by atoms with E-state index in [1.807, 2.05) is 0 Å². The first kappa shape index (κ1) is 20.7. The highest BCUT2D eigenvalue weighted by atomic mass is 14.3. The molecule has 0 unspecified atom stereocenters. The summed E-state index contributed by atoms with van der Waals surface area (Å²) in [5.41, 5.74) is 5.91. The van der Waals surface area contributed by atoms with Gasteiger partial charge in [0.2, 0.25) is 0 Å². The van der Waals surface area contributed by atoms with Crippen molar-refractivity contribution in [2.75, 3.05) is 0 Å². The predicted octanol–water partition coefficient (Wildman–Crippen LogP) is 8.65. The first-order valence-electron chi connectivity index (χ1n) is 11.7. The lowest BCUT2D eigenvalue weighted by Crippen LogP contribution is -2.09. The van der Waals surface area contributed by atoms with Crippen molar-refractivity contribution >= 4 is 12.2 Å². The van der Waals surface area contributed by atoms with Gasteiger partial charge in [-0.15, -0.1) is 0 Å². The standard InChI is InChI=1S/C30H34/c1-3-10-25(11-4-1)14-7-17-28-21-20-27-16-9-19-30(24-28)29(23-22-27)18-8-15-26-12-5-2-6-13-26/h1-8,10-15,21,23,27,30H,9,16-20,22,24H2/b14-7?,15-8?,28-21-,29-23-/t27-,30+/m0/s1. The molecule has 0 nitrogen and oxygen atoms in total. The van der Waals surface area contributed by atoms with E-state index in [1.54, 1.807) is 11.1 Å². The van der Waals surface area contributed by atoms with Crippen molar-refractivity contribution in [3.8, 4) is 0 Å². The molecule has 2 atom stereocenters. The van der Waals surface area contributed by atoms with Crippen LogP contribution in [0, 0.1) is 11.8 Å². The molecular formula is C30H34. The molecule has 2 aromatic rings. The third kappa shape index (κ3) is 6.20. The molecule has 0 saturated heterocycles. The molecule has 0 aromatic heterocycles. The van der Waals surface area contributed by atoms with Crippen LogP contribution in [0.1, 0.15) is 62.5 Å². The number of benzene rings is 2. The normalized spacial score (nSPS) is 25.7. The van der Waals surface area contributed by atoms with E-state index >= 15 is 0 Å². The fraction of sp³-hybridized carbons (Fsp3) is 0.333. The molecule has 3 aliphatic rings. The summed E-state index contributed by atoms with van der Waals surface area (Å²) >= 11 is 0. The van der Waals surface area contributed by atoms with Crippen molar-refractivity contribution in [1.29, 1.82) is 0 Å². The highest BCUT2D eigenvalue weighted by Gasteiger charge is 2.21. The molecule has 154 valence electrons. The zero-order chi connectivity index (χ0) is 20.4. The third-order valence-corrected chi connectivity index (χ3v) is 6.60. The Morgan fingerprint density at radius 1 is 0.700 bits per heavy atom. The average molecular weight is 395 g/mol. The summed E-state index contributed by atoms with van der Waals surface area (Å²) in [4.78, 5) is 0. The molecule has 0 radical (unpaired) electrons. The molecule has 5 rings (SSSR count). The summed E-state index contributed by atoms with van der Waals surface area (Å²) in [7, 11) is 0. The van der Waals surface area contributed by atoms with Crippen LogP contribution < -0.4 is 0 Å². The maximum atomic E-state index is 2.60. The van der Waals surface area contributed by atoms with Crippen molar-refractivity contribution in [1.82, 2.24) is 0 Å². The van der Waals surface area contributed by atoms with E-state index in [1.165, 1.54) is 49.7 Å². The van der Waals surface area contributed by atoms with E-state index in [9.17, 15) is 0 Å². The minimum atomic E-state index is 0.709. The Morgan fingerprint density at radius 3 is 2.03 bits per heavy atom. The van der Waals surface area contributed by atoms with Crippen molar-refractivity contribution in [2.24, 2.45) is 11.8 Å². The Kier molecular flexibility index (Phi) is 7.56. The third-order valence-electron chi connectivity index (χ3n) is 6.60. The number of allylic oxidation sites excluding steroid dienone is 6. The summed E-state index contributed by atoms with van der Waals surface area (Å²) in [6.07, 6.45) is 24.5. The van der Waals surface area contributed by atoms with Crippen LogP contribution in [0.25, 0.3) is 12.2 Å². The zero-order valence-electron chi connectivity index (χ0n) is 18.0. The summed E-state index contributed by atoms with van der Waals surface area (Å²) in [6.45, 7) is 0. The molecule has 0 aliphatic heterocycles. The monoisotopic (exact) mass is 394 g/mol. The van der Waals surface area contributed by atoms with Gasteiger partial charge in [0.05, 0.1) is 0 Å². The van der Waals surface area contributed by atoms with Crippen LogP contribution in [0.15, 0.2) is 96.1 Å². The Morgan fingerprint density at radius 2 is 1.33 bits per heavy atom. The second kappa shape index (κ2) is 11.0. The predicted molar refractivity (Wildman–Crippen MR) is 131 cm³/mol. The van der Waals surface area contributed by atoms with Crippen molar-refractivity contribution < 1.29 is 0 Å². The smallest absolute Gasteiger partial charge is 0.0133 e. The lowest BCUT2D eigenvalue weighted by atomic mass is 9.82. The van der Waals surface area contributed by atoms with E-state index in [2.05, 4.69) is 97.1 Å². The summed E-state index contributed by atoms with van der Waals surface area (Å²) in [6, 6.07) is 21.4. The van der Waals surface area contributed by atoms with Crippen LogP contribution in [0.3, 0.4) is 0 Å². The lowest BCUT2D eigenvalue weighted by molar-refractivity contribution is 0.421. The fourth-order valence-electron chi connectivity index (χ4n) is 4.84. The van der Waals surface area contributed by atoms with Crippen LogP contribution in [0.5, 0.6) is 0 Å². The van der Waals surface area contributed by atoms with Crippen molar-refractivity contribution in [3.05, 3.63) is 107 Å². The summed E-state index contributed by atoms with van der Waals surface area (Å²) in [5, 5.41) is 0. The Hall–Kier alpha value is -2.60. The molecule has 0 N–H and O–H groups in total. The molecule has 30 heavy (non-hydrogen) atoms. The molecule has 0 amide bonds. The molecule has 0 heterocycles. The molecule has 0 spiro atoms. The molecule has 2 aromatic carbocycles. The van der Waals surface area contributed by atoms with Crippen molar-refractivity contribution in [2.45, 2.75) is 51.4 Å². The maximum absolute atomic E-state index is 2.60. The molecule has 0 fully saturated rings. The van der Waals surface area contributed by atoms with Crippen LogP contribution in [0.2, 0.25) is 0 Å². The zero-order valence-corrected chi connectivity index (χ0v) is 18.0. The molecule has 0 saturated carbocycles. The number of hydrogen-bond acceptors (Lipinski definition) is 0. The summed E-state index contributed by atoms with van der Waals surface area (Å²) in [5.74, 6) is 1.53. The van der Waals surface area contributed by atoms with Gasteiger partial charge in [-0.2, -0.15) is 0 Å². The summed E-state index contributed by atoms with van der Waals surface area (Å²) < 4.78 is 0. The SMILES string of the molecule is C(=Cc1ccccc1)C/C1=C/C[C@H]2C/C=C(/CC=Cc3ccccc3)[C@H](CCC2)C1. The van der Waals surface area contributed by atoms with Gasteiger partial charge in [-0.05, 0) is 67.9 Å². The van der Waals surface area contributed by atoms with Gasteiger partial charge < -0.3 is 0 Å². The first-order chi connectivity index (χ1) is 14.9. The maximum Gasteiger partial charge on any atom is -0.0133 e. The van der Waals surface area contributed by atoms with Gasteiger partial charge in [-0.3, -0.25) is 0 Å². The van der Waals surface area contributed by atoms with E-state index < -0.39 is 0 Å². The van der Waals surface area contributed by atoms with Crippen LogP contribution in [-0.4, -0.2) is 0 Å². The van der Waals surface area contributed by atoms with Gasteiger partial charge in [0, 0.05) is 0 Å². The Balaban J connectivity index is 1.44. The number of hydrogen-bond donors (Lipinski definition) is 0. The molecule has 3 aliphatic carbocycles. The minimum Gasteiger partial charge on any atom is -0.0847 e. The van der Waals surface area contributed by atoms with Gasteiger partial charge in [0.15, 0.2) is 0 Å². The fourth-order valence-corrected chi connectivity index (χ4v) is 4.84. The van der Waals surface area contributed by atoms with Gasteiger partial charge in [0.25, 0.3) is 0 Å². The van der Waals surface area contributed by atoms with Gasteiger partial charge >= 0.3 is 0 Å². The quantitative estimate of drug-likeness (QED) is 0.430. The van der Waals surface area contributed by atoms with Gasteiger partial charge in [-0.1, -0.05) is 115 Å². The second-order valence-corrected chi connectivity index (χ2v) is 8.85. The van der Waals surface area contributed by atoms with E-state index in [4.69, 9.17) is 0 Å². The topological polar surface area (TPSA) is 0 Å². The molecular weight excluding hydrogens is 360 g/mol. The number of fused-ring (bicyclic) bond motifs is 5. The second-order valence-electron chi connectivity index (χ2n) is 8.85. The van der Waals surface area contributed by atoms with Gasteiger partial charge in [0.1, 0.15) is 0 Å². The van der Waals surface area contributed by atoms with E-state index in [0.29, 0.717) is 5.92 Å². The van der Waals surface area contributed by atoms with Gasteiger partial charge in [-0.25, -0.2) is 0 Å². The highest BCUT2D eigenvalue weighted by Crippen LogP contribution is 2.37. The van der Waals surface area contributed by atoms with Crippen molar-refractivity contribution in [3.63, 3.8) is 0 Å². The first-order valence-corrected chi connectivity index (χ1v) is 11.7. The van der Waals surface area contributed by atoms with Crippen LogP contribution >= 0.6 is 0 Å². The van der Waals surface area contributed by atoms with E-state index in [0.717, 1.165) is 18.8 Å². The number of rotatable bonds is 6.